The number of hydrogen-bond acceptors (Lipinski definition) is 3. The Kier molecular flexibility index (Phi) is 4.70. The Balaban J connectivity index is 1.96. The largest absolute Gasteiger partial charge is 0.416 e. The molecule has 3 N–H and O–H groups in total. The van der Waals surface area contributed by atoms with Gasteiger partial charge in [0.1, 0.15) is 0 Å². The quantitative estimate of drug-likeness (QED) is 0.771. The van der Waals surface area contributed by atoms with Crippen LogP contribution in [-0.4, -0.2) is 37.5 Å². The van der Waals surface area contributed by atoms with E-state index < -0.39 is 17.6 Å². The first-order chi connectivity index (χ1) is 10.3. The van der Waals surface area contributed by atoms with Crippen molar-refractivity contribution in [2.75, 3.05) is 19.6 Å². The summed E-state index contributed by atoms with van der Waals surface area (Å²) in [6.45, 7) is 2.55. The highest BCUT2D eigenvalue weighted by molar-refractivity contribution is 5.96. The monoisotopic (exact) mass is 315 g/mol. The van der Waals surface area contributed by atoms with Crippen LogP contribution in [0.15, 0.2) is 18.2 Å². The number of nitrogens with one attached hydrogen (secondary N) is 3. The number of amides is 2. The lowest BCUT2D eigenvalue weighted by molar-refractivity contribution is -0.137. The number of alkyl halides is 3. The van der Waals surface area contributed by atoms with Gasteiger partial charge in [0.2, 0.25) is 5.91 Å². The van der Waals surface area contributed by atoms with Crippen molar-refractivity contribution in [3.63, 3.8) is 0 Å². The molecule has 8 heteroatoms. The van der Waals surface area contributed by atoms with Gasteiger partial charge in [-0.25, -0.2) is 0 Å². The number of halogens is 3. The highest BCUT2D eigenvalue weighted by Gasteiger charge is 2.31. The third-order valence-corrected chi connectivity index (χ3v) is 3.22. The Morgan fingerprint density at radius 3 is 2.50 bits per heavy atom. The number of benzene rings is 1. The molecule has 0 radical (unpaired) electrons. The van der Waals surface area contributed by atoms with Gasteiger partial charge in [0.05, 0.1) is 18.2 Å². The normalized spacial score (nSPS) is 15.1. The van der Waals surface area contributed by atoms with E-state index in [0.29, 0.717) is 18.7 Å². The molecular weight excluding hydrogens is 299 g/mol. The van der Waals surface area contributed by atoms with Crippen molar-refractivity contribution in [2.45, 2.75) is 19.1 Å². The van der Waals surface area contributed by atoms with E-state index in [4.69, 9.17) is 0 Å². The molecule has 0 atom stereocenters. The second-order valence-corrected chi connectivity index (χ2v) is 5.19. The van der Waals surface area contributed by atoms with Crippen molar-refractivity contribution >= 4 is 11.8 Å². The summed E-state index contributed by atoms with van der Waals surface area (Å²) in [6.07, 6.45) is -4.52. The molecule has 0 saturated carbocycles. The summed E-state index contributed by atoms with van der Waals surface area (Å²) in [4.78, 5) is 23.4. The van der Waals surface area contributed by atoms with E-state index >= 15 is 0 Å². The lowest BCUT2D eigenvalue weighted by Gasteiger charge is -2.27. The average molecular weight is 315 g/mol. The topological polar surface area (TPSA) is 70.2 Å². The van der Waals surface area contributed by atoms with E-state index in [9.17, 15) is 22.8 Å². The highest BCUT2D eigenvalue weighted by atomic mass is 19.4. The van der Waals surface area contributed by atoms with Gasteiger partial charge in [-0.15, -0.1) is 0 Å². The average Bonchev–Trinajstić information content (AvgIpc) is 2.38. The molecule has 1 fully saturated rings. The molecule has 1 saturated heterocycles. The second kappa shape index (κ2) is 6.35. The van der Waals surface area contributed by atoms with Crippen molar-refractivity contribution in [3.8, 4) is 0 Å². The summed E-state index contributed by atoms with van der Waals surface area (Å²) in [7, 11) is 0. The van der Waals surface area contributed by atoms with Gasteiger partial charge in [0.25, 0.3) is 5.91 Å². The SMILES string of the molecule is Cc1cc(C(=O)NCC(=O)NC2CNC2)cc(C(F)(F)F)c1. The Bertz CT molecular complexity index is 583. The molecule has 0 unspecified atom stereocenters. The van der Waals surface area contributed by atoms with Gasteiger partial charge in [-0.05, 0) is 30.7 Å². The minimum atomic E-state index is -4.52. The Morgan fingerprint density at radius 1 is 1.27 bits per heavy atom. The smallest absolute Gasteiger partial charge is 0.349 e. The molecule has 120 valence electrons. The zero-order chi connectivity index (χ0) is 16.3. The van der Waals surface area contributed by atoms with Crippen molar-refractivity contribution in [3.05, 3.63) is 34.9 Å². The van der Waals surface area contributed by atoms with Gasteiger partial charge < -0.3 is 16.0 Å². The van der Waals surface area contributed by atoms with Crippen LogP contribution in [0.5, 0.6) is 0 Å². The molecule has 1 aromatic rings. The molecule has 1 aromatic carbocycles. The fourth-order valence-electron chi connectivity index (χ4n) is 2.01. The van der Waals surface area contributed by atoms with Gasteiger partial charge >= 0.3 is 6.18 Å². The molecule has 0 bridgehead atoms. The maximum absolute atomic E-state index is 12.7. The van der Waals surface area contributed by atoms with Crippen LogP contribution in [0.25, 0.3) is 0 Å². The van der Waals surface area contributed by atoms with E-state index in [1.165, 1.54) is 13.0 Å². The standard InChI is InChI=1S/C14H16F3N3O2/c1-8-2-9(4-10(3-8)14(15,16)17)13(22)19-7-12(21)20-11-5-18-6-11/h2-4,11,18H,5-7H2,1H3,(H,19,22)(H,20,21). The first kappa shape index (κ1) is 16.3. The van der Waals surface area contributed by atoms with Crippen molar-refractivity contribution in [1.29, 1.82) is 0 Å². The van der Waals surface area contributed by atoms with Crippen LogP contribution in [-0.2, 0) is 11.0 Å². The fourth-order valence-corrected chi connectivity index (χ4v) is 2.01. The molecule has 1 heterocycles. The zero-order valence-electron chi connectivity index (χ0n) is 11.9. The van der Waals surface area contributed by atoms with E-state index in [1.807, 2.05) is 0 Å². The first-order valence-corrected chi connectivity index (χ1v) is 6.73. The van der Waals surface area contributed by atoms with Crippen LogP contribution in [0.2, 0.25) is 0 Å². The molecule has 1 aliphatic rings. The van der Waals surface area contributed by atoms with Crippen LogP contribution in [0.3, 0.4) is 0 Å². The van der Waals surface area contributed by atoms with Gasteiger partial charge in [0, 0.05) is 18.7 Å². The van der Waals surface area contributed by atoms with Crippen LogP contribution < -0.4 is 16.0 Å². The molecule has 0 aromatic heterocycles. The molecule has 2 rings (SSSR count). The van der Waals surface area contributed by atoms with Crippen molar-refractivity contribution in [1.82, 2.24) is 16.0 Å². The third-order valence-electron chi connectivity index (χ3n) is 3.22. The molecule has 0 aliphatic carbocycles. The minimum absolute atomic E-state index is 0.0419. The number of carbonyl (C=O) groups excluding carboxylic acids is 2. The lowest BCUT2D eigenvalue weighted by Crippen LogP contribution is -2.58. The number of carbonyl (C=O) groups is 2. The predicted molar refractivity (Wildman–Crippen MR) is 73.3 cm³/mol. The highest BCUT2D eigenvalue weighted by Crippen LogP contribution is 2.30. The Labute approximate surface area is 125 Å². The molecule has 0 spiro atoms. The predicted octanol–water partition coefficient (Wildman–Crippen LogP) is 0.832. The summed E-state index contributed by atoms with van der Waals surface area (Å²) in [5, 5.41) is 7.97. The van der Waals surface area contributed by atoms with Crippen LogP contribution in [0.1, 0.15) is 21.5 Å². The van der Waals surface area contributed by atoms with E-state index in [1.54, 1.807) is 0 Å². The van der Waals surface area contributed by atoms with Crippen molar-refractivity contribution in [2.24, 2.45) is 0 Å². The zero-order valence-corrected chi connectivity index (χ0v) is 11.9. The van der Waals surface area contributed by atoms with Gasteiger partial charge in [0.15, 0.2) is 0 Å². The van der Waals surface area contributed by atoms with Gasteiger partial charge in [-0.2, -0.15) is 13.2 Å². The number of rotatable bonds is 4. The molecule has 5 nitrogen and oxygen atoms in total. The van der Waals surface area contributed by atoms with E-state index in [-0.39, 0.29) is 24.1 Å². The summed E-state index contributed by atoms with van der Waals surface area (Å²) in [6, 6.07) is 3.13. The molecule has 1 aliphatic heterocycles. The van der Waals surface area contributed by atoms with Crippen LogP contribution >= 0.6 is 0 Å². The van der Waals surface area contributed by atoms with E-state index in [0.717, 1.165) is 12.1 Å². The number of hydrogen-bond donors (Lipinski definition) is 3. The summed E-state index contributed by atoms with van der Waals surface area (Å²) < 4.78 is 38.1. The number of aryl methyl sites for hydroxylation is 1. The van der Waals surface area contributed by atoms with Crippen LogP contribution in [0.4, 0.5) is 13.2 Å². The Morgan fingerprint density at radius 2 is 1.95 bits per heavy atom. The van der Waals surface area contributed by atoms with Crippen LogP contribution in [0, 0.1) is 6.92 Å². The van der Waals surface area contributed by atoms with Crippen molar-refractivity contribution < 1.29 is 22.8 Å². The summed E-state index contributed by atoms with van der Waals surface area (Å²) >= 11 is 0. The first-order valence-electron chi connectivity index (χ1n) is 6.73. The maximum Gasteiger partial charge on any atom is 0.416 e. The fraction of sp³-hybridized carbons (Fsp3) is 0.429. The summed E-state index contributed by atoms with van der Waals surface area (Å²) in [5.74, 6) is -1.08. The third kappa shape index (κ3) is 4.20. The Hall–Kier alpha value is -2.09. The minimum Gasteiger partial charge on any atom is -0.349 e. The van der Waals surface area contributed by atoms with Gasteiger partial charge in [-0.3, -0.25) is 9.59 Å². The maximum atomic E-state index is 12.7. The molecule has 2 amide bonds. The van der Waals surface area contributed by atoms with E-state index in [2.05, 4.69) is 16.0 Å². The molecule has 22 heavy (non-hydrogen) atoms. The molecular formula is C14H16F3N3O2. The lowest BCUT2D eigenvalue weighted by atomic mass is 10.1. The van der Waals surface area contributed by atoms with Gasteiger partial charge in [-0.1, -0.05) is 0 Å². The second-order valence-electron chi connectivity index (χ2n) is 5.19. The summed E-state index contributed by atoms with van der Waals surface area (Å²) in [5.41, 5.74) is -0.682.